The fraction of sp³-hybridized carbons (Fsp3) is 0.917. The maximum atomic E-state index is 12.4. The largest absolute Gasteiger partial charge is 0.394 e. The molecule has 2 aliphatic heterocycles. The van der Waals surface area contributed by atoms with Gasteiger partial charge in [-0.15, -0.1) is 0 Å². The standard InChI is InChI=1S/C12H21NO4/c1-9-6-13(7-10(8-14)17-9)11(15)12(2)4-3-5-16-12/h9-10,14H,3-8H2,1-2H3. The third-order valence-corrected chi connectivity index (χ3v) is 3.49. The highest BCUT2D eigenvalue weighted by Gasteiger charge is 2.42. The van der Waals surface area contributed by atoms with Crippen LogP contribution in [0.3, 0.4) is 0 Å². The number of amides is 1. The molecule has 0 radical (unpaired) electrons. The first-order chi connectivity index (χ1) is 8.05. The molecule has 5 nitrogen and oxygen atoms in total. The van der Waals surface area contributed by atoms with Gasteiger partial charge in [0.25, 0.3) is 5.91 Å². The number of nitrogens with zero attached hydrogens (tertiary/aromatic N) is 1. The Labute approximate surface area is 102 Å². The van der Waals surface area contributed by atoms with Crippen LogP contribution in [0.1, 0.15) is 26.7 Å². The van der Waals surface area contributed by atoms with Crippen LogP contribution in [-0.4, -0.2) is 60.0 Å². The van der Waals surface area contributed by atoms with Crippen molar-refractivity contribution in [1.29, 1.82) is 0 Å². The third-order valence-electron chi connectivity index (χ3n) is 3.49. The van der Waals surface area contributed by atoms with Crippen molar-refractivity contribution >= 4 is 5.91 Å². The Morgan fingerprint density at radius 2 is 2.29 bits per heavy atom. The van der Waals surface area contributed by atoms with Crippen LogP contribution >= 0.6 is 0 Å². The number of carbonyl (C=O) groups is 1. The van der Waals surface area contributed by atoms with Gasteiger partial charge >= 0.3 is 0 Å². The molecule has 0 bridgehead atoms. The number of ether oxygens (including phenoxy) is 2. The molecule has 5 heteroatoms. The van der Waals surface area contributed by atoms with E-state index in [0.29, 0.717) is 19.7 Å². The number of carbonyl (C=O) groups excluding carboxylic acids is 1. The first kappa shape index (κ1) is 12.8. The lowest BCUT2D eigenvalue weighted by Crippen LogP contribution is -2.56. The number of aliphatic hydroxyl groups is 1. The molecule has 0 aromatic carbocycles. The summed E-state index contributed by atoms with van der Waals surface area (Å²) in [7, 11) is 0. The molecule has 3 atom stereocenters. The predicted molar refractivity (Wildman–Crippen MR) is 61.6 cm³/mol. The van der Waals surface area contributed by atoms with Gasteiger partial charge in [-0.25, -0.2) is 0 Å². The van der Waals surface area contributed by atoms with Gasteiger partial charge in [-0.3, -0.25) is 4.79 Å². The molecule has 98 valence electrons. The number of morpholine rings is 1. The molecule has 3 unspecified atom stereocenters. The number of aliphatic hydroxyl groups excluding tert-OH is 1. The van der Waals surface area contributed by atoms with Crippen molar-refractivity contribution < 1.29 is 19.4 Å². The van der Waals surface area contributed by atoms with Crippen molar-refractivity contribution in [3.05, 3.63) is 0 Å². The van der Waals surface area contributed by atoms with Crippen LogP contribution in [0.2, 0.25) is 0 Å². The number of rotatable bonds is 2. The molecule has 2 rings (SSSR count). The summed E-state index contributed by atoms with van der Waals surface area (Å²) < 4.78 is 11.1. The summed E-state index contributed by atoms with van der Waals surface area (Å²) >= 11 is 0. The Bertz CT molecular complexity index is 288. The maximum absolute atomic E-state index is 12.4. The summed E-state index contributed by atoms with van der Waals surface area (Å²) in [4.78, 5) is 14.2. The summed E-state index contributed by atoms with van der Waals surface area (Å²) in [6.45, 7) is 5.42. The Balaban J connectivity index is 2.03. The molecule has 2 saturated heterocycles. The fourth-order valence-corrected chi connectivity index (χ4v) is 2.59. The molecule has 2 heterocycles. The van der Waals surface area contributed by atoms with Gasteiger partial charge in [0.1, 0.15) is 5.60 Å². The number of hydrogen-bond donors (Lipinski definition) is 1. The highest BCUT2D eigenvalue weighted by molar-refractivity contribution is 5.85. The minimum atomic E-state index is -0.670. The van der Waals surface area contributed by atoms with E-state index >= 15 is 0 Å². The van der Waals surface area contributed by atoms with Crippen molar-refractivity contribution in [2.45, 2.75) is 44.5 Å². The summed E-state index contributed by atoms with van der Waals surface area (Å²) in [5.74, 6) is 0.0311. The zero-order valence-corrected chi connectivity index (χ0v) is 10.5. The highest BCUT2D eigenvalue weighted by Crippen LogP contribution is 2.28. The molecule has 0 aromatic rings. The second kappa shape index (κ2) is 4.92. The van der Waals surface area contributed by atoms with Gasteiger partial charge in [-0.2, -0.15) is 0 Å². The van der Waals surface area contributed by atoms with Crippen LogP contribution < -0.4 is 0 Å². The summed E-state index contributed by atoms with van der Waals surface area (Å²) in [5, 5.41) is 9.14. The average molecular weight is 243 g/mol. The van der Waals surface area contributed by atoms with Crippen molar-refractivity contribution in [1.82, 2.24) is 4.90 Å². The van der Waals surface area contributed by atoms with E-state index in [0.717, 1.165) is 12.8 Å². The van der Waals surface area contributed by atoms with Crippen molar-refractivity contribution in [2.24, 2.45) is 0 Å². The minimum absolute atomic E-state index is 0.0311. The average Bonchev–Trinajstić information content (AvgIpc) is 2.75. The molecule has 1 amide bonds. The van der Waals surface area contributed by atoms with Gasteiger partial charge < -0.3 is 19.5 Å². The Morgan fingerprint density at radius 3 is 2.88 bits per heavy atom. The lowest BCUT2D eigenvalue weighted by Gasteiger charge is -2.39. The lowest BCUT2D eigenvalue weighted by atomic mass is 10.00. The molecule has 1 N–H and O–H groups in total. The molecule has 0 saturated carbocycles. The van der Waals surface area contributed by atoms with E-state index in [2.05, 4.69) is 0 Å². The summed E-state index contributed by atoms with van der Waals surface area (Å²) in [6, 6.07) is 0. The lowest BCUT2D eigenvalue weighted by molar-refractivity contribution is -0.164. The van der Waals surface area contributed by atoms with Crippen LogP contribution in [0.15, 0.2) is 0 Å². The van der Waals surface area contributed by atoms with E-state index in [1.54, 1.807) is 4.90 Å². The second-order valence-corrected chi connectivity index (χ2v) is 5.14. The highest BCUT2D eigenvalue weighted by atomic mass is 16.5. The van der Waals surface area contributed by atoms with E-state index in [1.807, 2.05) is 13.8 Å². The van der Waals surface area contributed by atoms with E-state index in [1.165, 1.54) is 0 Å². The first-order valence-corrected chi connectivity index (χ1v) is 6.25. The molecule has 0 aromatic heterocycles. The van der Waals surface area contributed by atoms with Gasteiger partial charge in [-0.05, 0) is 26.7 Å². The van der Waals surface area contributed by atoms with Crippen LogP contribution in [0.25, 0.3) is 0 Å². The zero-order chi connectivity index (χ0) is 12.5. The second-order valence-electron chi connectivity index (χ2n) is 5.14. The minimum Gasteiger partial charge on any atom is -0.394 e. The van der Waals surface area contributed by atoms with Crippen LogP contribution in [0, 0.1) is 0 Å². The Morgan fingerprint density at radius 1 is 1.53 bits per heavy atom. The smallest absolute Gasteiger partial charge is 0.254 e. The van der Waals surface area contributed by atoms with Gasteiger partial charge in [0.05, 0.1) is 18.8 Å². The van der Waals surface area contributed by atoms with Crippen LogP contribution in [0.5, 0.6) is 0 Å². The molecule has 0 aliphatic carbocycles. The van der Waals surface area contributed by atoms with E-state index in [9.17, 15) is 4.79 Å². The fourth-order valence-electron chi connectivity index (χ4n) is 2.59. The maximum Gasteiger partial charge on any atom is 0.254 e. The predicted octanol–water partition coefficient (Wildman–Crippen LogP) is 0.164. The molecular formula is C12H21NO4. The monoisotopic (exact) mass is 243 g/mol. The Hall–Kier alpha value is -0.650. The SMILES string of the molecule is CC1CN(C(=O)C2(C)CCCO2)CC(CO)O1. The molecule has 0 spiro atoms. The summed E-state index contributed by atoms with van der Waals surface area (Å²) in [6.07, 6.45) is 1.41. The van der Waals surface area contributed by atoms with E-state index < -0.39 is 5.60 Å². The van der Waals surface area contributed by atoms with Gasteiger partial charge in [-0.1, -0.05) is 0 Å². The third kappa shape index (κ3) is 2.61. The topological polar surface area (TPSA) is 59.0 Å². The molecule has 2 aliphatic rings. The Kier molecular flexibility index (Phi) is 3.70. The van der Waals surface area contributed by atoms with E-state index in [-0.39, 0.29) is 24.7 Å². The molecular weight excluding hydrogens is 222 g/mol. The van der Waals surface area contributed by atoms with Crippen molar-refractivity contribution in [3.8, 4) is 0 Å². The molecule has 2 fully saturated rings. The normalized spacial score (nSPS) is 38.4. The molecule has 17 heavy (non-hydrogen) atoms. The number of hydrogen-bond acceptors (Lipinski definition) is 4. The summed E-state index contributed by atoms with van der Waals surface area (Å²) in [5.41, 5.74) is -0.670. The van der Waals surface area contributed by atoms with Crippen molar-refractivity contribution in [2.75, 3.05) is 26.3 Å². The quantitative estimate of drug-likeness (QED) is 0.751. The van der Waals surface area contributed by atoms with Crippen molar-refractivity contribution in [3.63, 3.8) is 0 Å². The first-order valence-electron chi connectivity index (χ1n) is 6.25. The zero-order valence-electron chi connectivity index (χ0n) is 10.5. The van der Waals surface area contributed by atoms with E-state index in [4.69, 9.17) is 14.6 Å². The van der Waals surface area contributed by atoms with Gasteiger partial charge in [0.2, 0.25) is 0 Å². The van der Waals surface area contributed by atoms with Crippen LogP contribution in [0.4, 0.5) is 0 Å². The van der Waals surface area contributed by atoms with Crippen LogP contribution in [-0.2, 0) is 14.3 Å². The van der Waals surface area contributed by atoms with Gasteiger partial charge in [0, 0.05) is 19.7 Å². The van der Waals surface area contributed by atoms with Gasteiger partial charge in [0.15, 0.2) is 0 Å².